The average molecular weight is 255 g/mol. The van der Waals surface area contributed by atoms with E-state index in [2.05, 4.69) is 49.5 Å². The molecule has 0 saturated carbocycles. The van der Waals surface area contributed by atoms with Gasteiger partial charge in [0.1, 0.15) is 0 Å². The van der Waals surface area contributed by atoms with Gasteiger partial charge >= 0.3 is 0 Å². The van der Waals surface area contributed by atoms with Crippen LogP contribution in [0.25, 0.3) is 0 Å². The number of aliphatic hydroxyl groups is 1. The maximum atomic E-state index is 9.30. The molecule has 19 heavy (non-hydrogen) atoms. The van der Waals surface area contributed by atoms with Crippen LogP contribution in [0.4, 0.5) is 0 Å². The highest BCUT2D eigenvalue weighted by atomic mass is 16.3. The van der Waals surface area contributed by atoms with Crippen molar-refractivity contribution in [1.82, 2.24) is 5.32 Å². The van der Waals surface area contributed by atoms with Crippen LogP contribution < -0.4 is 5.32 Å². The summed E-state index contributed by atoms with van der Waals surface area (Å²) in [6.45, 7) is 5.12. The Morgan fingerprint density at radius 2 is 1.63 bits per heavy atom. The number of hydrogen-bond acceptors (Lipinski definition) is 2. The Morgan fingerprint density at radius 1 is 1.00 bits per heavy atom. The fraction of sp³-hybridized carbons (Fsp3) is 0.294. The minimum absolute atomic E-state index is 0.0940. The van der Waals surface area contributed by atoms with Crippen LogP contribution in [0.15, 0.2) is 48.5 Å². The Bertz CT molecular complexity index is 519. The second kappa shape index (κ2) is 6.50. The molecule has 2 aromatic rings. The topological polar surface area (TPSA) is 32.3 Å². The van der Waals surface area contributed by atoms with E-state index in [1.54, 1.807) is 0 Å². The SMILES string of the molecule is Cc1ccc(C(C)NCc2ccccc2CO)cc1. The van der Waals surface area contributed by atoms with E-state index < -0.39 is 0 Å². The lowest BCUT2D eigenvalue weighted by Crippen LogP contribution is -2.18. The monoisotopic (exact) mass is 255 g/mol. The number of aryl methyl sites for hydroxylation is 1. The number of rotatable bonds is 5. The van der Waals surface area contributed by atoms with Gasteiger partial charge in [-0.25, -0.2) is 0 Å². The summed E-state index contributed by atoms with van der Waals surface area (Å²) in [7, 11) is 0. The first-order chi connectivity index (χ1) is 9.20. The molecule has 100 valence electrons. The Labute approximate surface area is 115 Å². The molecule has 2 nitrogen and oxygen atoms in total. The molecule has 2 heteroatoms. The molecule has 0 radical (unpaired) electrons. The Kier molecular flexibility index (Phi) is 4.72. The fourth-order valence-electron chi connectivity index (χ4n) is 2.12. The second-order valence-electron chi connectivity index (χ2n) is 4.94. The zero-order valence-electron chi connectivity index (χ0n) is 11.6. The third kappa shape index (κ3) is 3.66. The van der Waals surface area contributed by atoms with Crippen molar-refractivity contribution in [3.05, 3.63) is 70.8 Å². The lowest BCUT2D eigenvalue weighted by atomic mass is 10.0. The summed E-state index contributed by atoms with van der Waals surface area (Å²) in [4.78, 5) is 0. The molecule has 0 aliphatic carbocycles. The summed E-state index contributed by atoms with van der Waals surface area (Å²) in [5, 5.41) is 12.8. The van der Waals surface area contributed by atoms with Crippen LogP contribution in [0.1, 0.15) is 35.2 Å². The second-order valence-corrected chi connectivity index (χ2v) is 4.94. The van der Waals surface area contributed by atoms with Crippen molar-refractivity contribution in [1.29, 1.82) is 0 Å². The molecule has 0 heterocycles. The van der Waals surface area contributed by atoms with Gasteiger partial charge in [0.25, 0.3) is 0 Å². The third-order valence-electron chi connectivity index (χ3n) is 3.46. The first-order valence-electron chi connectivity index (χ1n) is 6.68. The van der Waals surface area contributed by atoms with Gasteiger partial charge in [0, 0.05) is 12.6 Å². The van der Waals surface area contributed by atoms with Crippen LogP contribution >= 0.6 is 0 Å². The minimum atomic E-state index is 0.0940. The molecule has 0 aliphatic rings. The van der Waals surface area contributed by atoms with Crippen molar-refractivity contribution in [2.75, 3.05) is 0 Å². The van der Waals surface area contributed by atoms with Gasteiger partial charge in [0.15, 0.2) is 0 Å². The van der Waals surface area contributed by atoms with E-state index >= 15 is 0 Å². The molecule has 0 spiro atoms. The van der Waals surface area contributed by atoms with E-state index in [4.69, 9.17) is 0 Å². The highest BCUT2D eigenvalue weighted by Gasteiger charge is 2.06. The number of benzene rings is 2. The van der Waals surface area contributed by atoms with Crippen molar-refractivity contribution in [3.63, 3.8) is 0 Å². The highest BCUT2D eigenvalue weighted by Crippen LogP contribution is 2.15. The van der Waals surface area contributed by atoms with Gasteiger partial charge in [-0.2, -0.15) is 0 Å². The molecule has 0 aliphatic heterocycles. The number of aliphatic hydroxyl groups excluding tert-OH is 1. The van der Waals surface area contributed by atoms with Crippen molar-refractivity contribution in [2.45, 2.75) is 33.0 Å². The van der Waals surface area contributed by atoms with Gasteiger partial charge in [-0.15, -0.1) is 0 Å². The van der Waals surface area contributed by atoms with Crippen LogP contribution in [0.3, 0.4) is 0 Å². The van der Waals surface area contributed by atoms with E-state index in [0.29, 0.717) is 6.04 Å². The Balaban J connectivity index is 2.00. The molecule has 2 aromatic carbocycles. The van der Waals surface area contributed by atoms with Gasteiger partial charge in [0.2, 0.25) is 0 Å². The number of hydrogen-bond donors (Lipinski definition) is 2. The minimum Gasteiger partial charge on any atom is -0.392 e. The quantitative estimate of drug-likeness (QED) is 0.859. The average Bonchev–Trinajstić information content (AvgIpc) is 2.45. The smallest absolute Gasteiger partial charge is 0.0685 e. The van der Waals surface area contributed by atoms with Crippen LogP contribution in [0.5, 0.6) is 0 Å². The van der Waals surface area contributed by atoms with Gasteiger partial charge in [-0.3, -0.25) is 0 Å². The molecule has 1 atom stereocenters. The summed E-state index contributed by atoms with van der Waals surface area (Å²) in [6, 6.07) is 16.9. The molecule has 1 unspecified atom stereocenters. The summed E-state index contributed by atoms with van der Waals surface area (Å²) in [5.41, 5.74) is 4.71. The molecule has 2 N–H and O–H groups in total. The maximum Gasteiger partial charge on any atom is 0.0685 e. The molecular weight excluding hydrogens is 234 g/mol. The zero-order chi connectivity index (χ0) is 13.7. The molecule has 2 rings (SSSR count). The standard InChI is InChI=1S/C17H21NO/c1-13-7-9-15(10-8-13)14(2)18-11-16-5-3-4-6-17(16)12-19/h3-10,14,18-19H,11-12H2,1-2H3. The van der Waals surface area contributed by atoms with E-state index in [-0.39, 0.29) is 6.61 Å². The molecule has 0 amide bonds. The summed E-state index contributed by atoms with van der Waals surface area (Å²) in [6.07, 6.45) is 0. The molecular formula is C17H21NO. The predicted octanol–water partition coefficient (Wildman–Crippen LogP) is 3.34. The van der Waals surface area contributed by atoms with Crippen LogP contribution in [0.2, 0.25) is 0 Å². The van der Waals surface area contributed by atoms with Crippen LogP contribution in [-0.4, -0.2) is 5.11 Å². The Morgan fingerprint density at radius 3 is 2.26 bits per heavy atom. The van der Waals surface area contributed by atoms with E-state index in [9.17, 15) is 5.11 Å². The van der Waals surface area contributed by atoms with Gasteiger partial charge in [0.05, 0.1) is 6.61 Å². The molecule has 0 bridgehead atoms. The lowest BCUT2D eigenvalue weighted by molar-refractivity contribution is 0.280. The third-order valence-corrected chi connectivity index (χ3v) is 3.46. The molecule has 0 saturated heterocycles. The fourth-order valence-corrected chi connectivity index (χ4v) is 2.12. The molecule has 0 fully saturated rings. The van der Waals surface area contributed by atoms with Gasteiger partial charge in [-0.1, -0.05) is 54.1 Å². The Hall–Kier alpha value is -1.64. The van der Waals surface area contributed by atoms with Gasteiger partial charge in [-0.05, 0) is 30.5 Å². The van der Waals surface area contributed by atoms with Crippen molar-refractivity contribution < 1.29 is 5.11 Å². The summed E-state index contributed by atoms with van der Waals surface area (Å²) >= 11 is 0. The predicted molar refractivity (Wildman–Crippen MR) is 78.8 cm³/mol. The highest BCUT2D eigenvalue weighted by molar-refractivity contribution is 5.27. The van der Waals surface area contributed by atoms with Gasteiger partial charge < -0.3 is 10.4 Å². The first-order valence-corrected chi connectivity index (χ1v) is 6.68. The summed E-state index contributed by atoms with van der Waals surface area (Å²) in [5.74, 6) is 0. The first kappa shape index (κ1) is 13.8. The van der Waals surface area contributed by atoms with E-state index in [1.807, 2.05) is 18.2 Å². The van der Waals surface area contributed by atoms with Crippen molar-refractivity contribution in [2.24, 2.45) is 0 Å². The van der Waals surface area contributed by atoms with Crippen LogP contribution in [0, 0.1) is 6.92 Å². The van der Waals surface area contributed by atoms with Crippen LogP contribution in [-0.2, 0) is 13.2 Å². The van der Waals surface area contributed by atoms with Crippen molar-refractivity contribution in [3.8, 4) is 0 Å². The number of nitrogens with one attached hydrogen (secondary N) is 1. The molecule has 0 aromatic heterocycles. The normalized spacial score (nSPS) is 12.4. The summed E-state index contributed by atoms with van der Waals surface area (Å²) < 4.78 is 0. The van der Waals surface area contributed by atoms with E-state index in [1.165, 1.54) is 11.1 Å². The maximum absolute atomic E-state index is 9.30. The van der Waals surface area contributed by atoms with E-state index in [0.717, 1.165) is 17.7 Å². The largest absolute Gasteiger partial charge is 0.392 e. The van der Waals surface area contributed by atoms with Crippen molar-refractivity contribution >= 4 is 0 Å². The zero-order valence-corrected chi connectivity index (χ0v) is 11.6. The lowest BCUT2D eigenvalue weighted by Gasteiger charge is -2.16.